The number of nitrogen functional groups attached to an aromatic ring is 1. The van der Waals surface area contributed by atoms with Gasteiger partial charge in [-0.15, -0.1) is 0 Å². The summed E-state index contributed by atoms with van der Waals surface area (Å²) in [5.41, 5.74) is 5.55. The van der Waals surface area contributed by atoms with E-state index in [4.69, 9.17) is 5.73 Å². The number of aryl methyl sites for hydroxylation is 1. The largest absolute Gasteiger partial charge is 0.389 e. The van der Waals surface area contributed by atoms with Gasteiger partial charge in [0.05, 0.1) is 0 Å². The lowest BCUT2D eigenvalue weighted by molar-refractivity contribution is -0.135. The van der Waals surface area contributed by atoms with Gasteiger partial charge in [0.2, 0.25) is 10.0 Å². The van der Waals surface area contributed by atoms with Crippen LogP contribution in [0.25, 0.3) is 0 Å². The highest BCUT2D eigenvalue weighted by Crippen LogP contribution is 2.22. The van der Waals surface area contributed by atoms with Crippen LogP contribution in [0.3, 0.4) is 0 Å². The molecule has 1 aromatic rings. The number of sulfonamides is 1. The Hall–Kier alpha value is -1.29. The molecule has 0 amide bonds. The van der Waals surface area contributed by atoms with Crippen LogP contribution in [0.1, 0.15) is 32.6 Å². The Morgan fingerprint density at radius 2 is 2.05 bits per heavy atom. The Bertz CT molecular complexity index is 554. The smallest absolute Gasteiger partial charge is 0.381 e. The summed E-state index contributed by atoms with van der Waals surface area (Å²) in [6.07, 6.45) is -3.09. The first-order valence-electron chi connectivity index (χ1n) is 6.55. The number of aromatic nitrogens is 2. The number of nitrogens with two attached hydrogens (primary N) is 1. The molecule has 0 saturated carbocycles. The summed E-state index contributed by atoms with van der Waals surface area (Å²) in [7, 11) is -3.84. The first-order valence-corrected chi connectivity index (χ1v) is 8.03. The van der Waals surface area contributed by atoms with Crippen molar-refractivity contribution < 1.29 is 21.6 Å². The Morgan fingerprint density at radius 1 is 1.38 bits per heavy atom. The van der Waals surface area contributed by atoms with E-state index in [0.29, 0.717) is 6.54 Å². The quantitative estimate of drug-likeness (QED) is 0.713. The summed E-state index contributed by atoms with van der Waals surface area (Å²) in [6, 6.07) is 0. The molecule has 3 N–H and O–H groups in total. The highest BCUT2D eigenvalue weighted by Gasteiger charge is 2.26. The van der Waals surface area contributed by atoms with E-state index in [-0.39, 0.29) is 30.1 Å². The number of nitrogens with zero attached hydrogens (tertiary/aromatic N) is 2. The highest BCUT2D eigenvalue weighted by atomic mass is 32.2. The van der Waals surface area contributed by atoms with Crippen molar-refractivity contribution in [3.05, 3.63) is 6.20 Å². The molecule has 0 radical (unpaired) electrons. The van der Waals surface area contributed by atoms with Crippen molar-refractivity contribution in [3.63, 3.8) is 0 Å². The van der Waals surface area contributed by atoms with Crippen LogP contribution in [-0.4, -0.2) is 30.9 Å². The highest BCUT2D eigenvalue weighted by molar-refractivity contribution is 7.89. The van der Waals surface area contributed by atoms with Crippen molar-refractivity contribution in [2.75, 3.05) is 12.3 Å². The monoisotopic (exact) mass is 328 g/mol. The van der Waals surface area contributed by atoms with Crippen LogP contribution in [0.15, 0.2) is 11.1 Å². The number of hydrogen-bond donors (Lipinski definition) is 2. The third-order valence-electron chi connectivity index (χ3n) is 2.68. The minimum atomic E-state index is -4.22. The Balaban J connectivity index is 2.54. The molecule has 1 heterocycles. The van der Waals surface area contributed by atoms with Crippen molar-refractivity contribution >= 4 is 15.8 Å². The van der Waals surface area contributed by atoms with Gasteiger partial charge in [-0.3, -0.25) is 4.68 Å². The van der Waals surface area contributed by atoms with Gasteiger partial charge in [-0.2, -0.15) is 18.3 Å². The van der Waals surface area contributed by atoms with Crippen LogP contribution >= 0.6 is 0 Å². The predicted molar refractivity (Wildman–Crippen MR) is 72.0 cm³/mol. The zero-order chi connectivity index (χ0) is 16.1. The summed E-state index contributed by atoms with van der Waals surface area (Å²) in [5.74, 6) is -0.119. The molecule has 1 rings (SSSR count). The van der Waals surface area contributed by atoms with Crippen LogP contribution in [0, 0.1) is 0 Å². The second kappa shape index (κ2) is 7.12. The molecule has 21 heavy (non-hydrogen) atoms. The van der Waals surface area contributed by atoms with E-state index in [0.717, 1.165) is 6.42 Å². The molecule has 0 bridgehead atoms. The average molecular weight is 328 g/mol. The van der Waals surface area contributed by atoms with Crippen molar-refractivity contribution in [1.29, 1.82) is 0 Å². The number of alkyl halides is 3. The van der Waals surface area contributed by atoms with Crippen molar-refractivity contribution in [1.82, 2.24) is 14.5 Å². The minimum absolute atomic E-state index is 0.0726. The van der Waals surface area contributed by atoms with Gasteiger partial charge < -0.3 is 5.73 Å². The number of unbranched alkanes of at least 4 members (excludes halogenated alkanes) is 1. The summed E-state index contributed by atoms with van der Waals surface area (Å²) >= 11 is 0. The van der Waals surface area contributed by atoms with E-state index in [1.165, 1.54) is 10.9 Å². The number of nitrogens with one attached hydrogen (secondary N) is 1. The van der Waals surface area contributed by atoms with Gasteiger partial charge in [-0.05, 0) is 19.3 Å². The van der Waals surface area contributed by atoms with E-state index in [2.05, 4.69) is 9.82 Å². The molecule has 0 aromatic carbocycles. The lowest BCUT2D eigenvalue weighted by Crippen LogP contribution is -2.25. The second-order valence-corrected chi connectivity index (χ2v) is 6.35. The molecule has 0 saturated heterocycles. The van der Waals surface area contributed by atoms with Gasteiger partial charge in [0.15, 0.2) is 5.82 Å². The summed E-state index contributed by atoms with van der Waals surface area (Å²) in [5, 5.41) is 3.87. The molecule has 0 unspecified atom stereocenters. The molecule has 0 aliphatic rings. The third kappa shape index (κ3) is 5.92. The number of rotatable bonds is 8. The Morgan fingerprint density at radius 3 is 2.62 bits per heavy atom. The lowest BCUT2D eigenvalue weighted by atomic mass is 10.2. The molecule has 0 aliphatic heterocycles. The molecule has 10 heteroatoms. The molecule has 6 nitrogen and oxygen atoms in total. The van der Waals surface area contributed by atoms with Gasteiger partial charge in [-0.25, -0.2) is 13.1 Å². The molecule has 0 fully saturated rings. The lowest BCUT2D eigenvalue weighted by Gasteiger charge is -2.07. The van der Waals surface area contributed by atoms with Crippen molar-refractivity contribution in [3.8, 4) is 0 Å². The van der Waals surface area contributed by atoms with E-state index in [9.17, 15) is 21.6 Å². The van der Waals surface area contributed by atoms with Crippen LogP contribution < -0.4 is 10.5 Å². The third-order valence-corrected chi connectivity index (χ3v) is 4.15. The normalized spacial score (nSPS) is 12.8. The fraction of sp³-hybridized carbons (Fsp3) is 0.727. The first kappa shape index (κ1) is 17.8. The number of halogens is 3. The zero-order valence-electron chi connectivity index (χ0n) is 11.7. The second-order valence-electron chi connectivity index (χ2n) is 4.61. The first-order chi connectivity index (χ1) is 9.65. The van der Waals surface area contributed by atoms with Gasteiger partial charge in [0, 0.05) is 25.7 Å². The van der Waals surface area contributed by atoms with Crippen LogP contribution in [0.2, 0.25) is 0 Å². The molecule has 0 atom stereocenters. The van der Waals surface area contributed by atoms with Gasteiger partial charge in [0.1, 0.15) is 4.90 Å². The SMILES string of the molecule is CCCn1cc(S(=O)(=O)NCCCCC(F)(F)F)c(N)n1. The van der Waals surface area contributed by atoms with Crippen LogP contribution in [0.4, 0.5) is 19.0 Å². The van der Waals surface area contributed by atoms with Gasteiger partial charge in [-0.1, -0.05) is 6.92 Å². The van der Waals surface area contributed by atoms with Gasteiger partial charge in [0.25, 0.3) is 0 Å². The molecular weight excluding hydrogens is 309 g/mol. The van der Waals surface area contributed by atoms with Crippen molar-refractivity contribution in [2.45, 2.75) is 50.2 Å². The van der Waals surface area contributed by atoms with E-state index >= 15 is 0 Å². The van der Waals surface area contributed by atoms with Gasteiger partial charge >= 0.3 is 6.18 Å². The Labute approximate surface area is 121 Å². The topological polar surface area (TPSA) is 90.0 Å². The number of hydrogen-bond acceptors (Lipinski definition) is 4. The van der Waals surface area contributed by atoms with E-state index < -0.39 is 22.6 Å². The minimum Gasteiger partial charge on any atom is -0.381 e. The van der Waals surface area contributed by atoms with E-state index in [1.807, 2.05) is 6.92 Å². The molecule has 122 valence electrons. The van der Waals surface area contributed by atoms with Crippen molar-refractivity contribution in [2.24, 2.45) is 0 Å². The fourth-order valence-electron chi connectivity index (χ4n) is 1.70. The summed E-state index contributed by atoms with van der Waals surface area (Å²) in [4.78, 5) is -0.147. The molecule has 0 spiro atoms. The van der Waals surface area contributed by atoms with Crippen LogP contribution in [-0.2, 0) is 16.6 Å². The standard InChI is InChI=1S/C11H19F3N4O2S/c1-2-7-18-8-9(10(15)17-18)21(19,20)16-6-4-3-5-11(12,13)14/h8,16H,2-7H2,1H3,(H2,15,17). The summed E-state index contributed by atoms with van der Waals surface area (Å²) in [6.45, 7) is 2.37. The summed E-state index contributed by atoms with van der Waals surface area (Å²) < 4.78 is 63.4. The maximum absolute atomic E-state index is 12.0. The predicted octanol–water partition coefficient (Wildman–Crippen LogP) is 1.89. The number of anilines is 1. The zero-order valence-corrected chi connectivity index (χ0v) is 12.5. The maximum atomic E-state index is 12.0. The average Bonchev–Trinajstić information content (AvgIpc) is 2.69. The molecule has 1 aromatic heterocycles. The maximum Gasteiger partial charge on any atom is 0.389 e. The fourth-order valence-corrected chi connectivity index (χ4v) is 2.85. The molecule has 0 aliphatic carbocycles. The molecular formula is C11H19F3N4O2S. The Kier molecular flexibility index (Phi) is 6.02. The van der Waals surface area contributed by atoms with Crippen LogP contribution in [0.5, 0.6) is 0 Å². The van der Waals surface area contributed by atoms with E-state index in [1.54, 1.807) is 0 Å².